The minimum absolute atomic E-state index is 0.0447. The van der Waals surface area contributed by atoms with Gasteiger partial charge in [0.05, 0.1) is 12.7 Å². The fourth-order valence-corrected chi connectivity index (χ4v) is 2.37. The smallest absolute Gasteiger partial charge is 0.184 e. The predicted octanol–water partition coefficient (Wildman–Crippen LogP) is 2.12. The van der Waals surface area contributed by atoms with E-state index in [9.17, 15) is 0 Å². The van der Waals surface area contributed by atoms with Gasteiger partial charge in [0.15, 0.2) is 12.6 Å². The lowest BCUT2D eigenvalue weighted by Crippen LogP contribution is -2.43. The third kappa shape index (κ3) is 3.77. The summed E-state index contributed by atoms with van der Waals surface area (Å²) in [7, 11) is 4.88. The maximum atomic E-state index is 5.97. The summed E-state index contributed by atoms with van der Waals surface area (Å²) in [4.78, 5) is 0. The van der Waals surface area contributed by atoms with Crippen molar-refractivity contribution in [3.05, 3.63) is 35.9 Å². The van der Waals surface area contributed by atoms with Crippen molar-refractivity contribution in [1.82, 2.24) is 0 Å². The Bertz CT molecular complexity index is 379. The van der Waals surface area contributed by atoms with Gasteiger partial charge in [0.1, 0.15) is 6.10 Å². The van der Waals surface area contributed by atoms with E-state index in [2.05, 4.69) is 0 Å². The van der Waals surface area contributed by atoms with Crippen LogP contribution in [0.3, 0.4) is 0 Å². The van der Waals surface area contributed by atoms with E-state index < -0.39 is 12.6 Å². The molecule has 0 saturated carbocycles. The molecule has 0 bridgehead atoms. The van der Waals surface area contributed by atoms with Crippen molar-refractivity contribution in [2.45, 2.75) is 31.2 Å². The standard InChI is InChI=1S/C15H22O5/c1-16-10-12-9-13(15(17-2)18-3)20-14(19-12)11-7-5-4-6-8-11/h4-8,12-15H,9-10H2,1-3H3. The van der Waals surface area contributed by atoms with Gasteiger partial charge >= 0.3 is 0 Å². The molecule has 5 nitrogen and oxygen atoms in total. The highest BCUT2D eigenvalue weighted by Gasteiger charge is 2.35. The summed E-state index contributed by atoms with van der Waals surface area (Å²) in [6.45, 7) is 0.517. The normalized spacial score (nSPS) is 26.9. The fourth-order valence-electron chi connectivity index (χ4n) is 2.37. The van der Waals surface area contributed by atoms with E-state index in [0.29, 0.717) is 13.0 Å². The Labute approximate surface area is 119 Å². The van der Waals surface area contributed by atoms with Crippen LogP contribution < -0.4 is 0 Å². The topological polar surface area (TPSA) is 46.2 Å². The number of rotatable bonds is 6. The first kappa shape index (κ1) is 15.4. The molecule has 0 N–H and O–H groups in total. The number of methoxy groups -OCH3 is 3. The second-order valence-corrected chi connectivity index (χ2v) is 4.71. The van der Waals surface area contributed by atoms with E-state index in [1.165, 1.54) is 0 Å². The molecule has 1 aliphatic rings. The molecule has 0 amide bonds. The molecular formula is C15H22O5. The molecule has 0 radical (unpaired) electrons. The summed E-state index contributed by atoms with van der Waals surface area (Å²) in [5, 5.41) is 0. The monoisotopic (exact) mass is 282 g/mol. The van der Waals surface area contributed by atoms with Crippen LogP contribution >= 0.6 is 0 Å². The van der Waals surface area contributed by atoms with Gasteiger partial charge in [-0.25, -0.2) is 0 Å². The molecular weight excluding hydrogens is 260 g/mol. The van der Waals surface area contributed by atoms with Gasteiger partial charge in [0.25, 0.3) is 0 Å². The third-order valence-electron chi connectivity index (χ3n) is 3.30. The molecule has 1 aromatic rings. The van der Waals surface area contributed by atoms with Gasteiger partial charge in [-0.2, -0.15) is 0 Å². The maximum absolute atomic E-state index is 5.97. The number of benzene rings is 1. The summed E-state index contributed by atoms with van der Waals surface area (Å²) in [5.41, 5.74) is 0.976. The number of hydrogen-bond donors (Lipinski definition) is 0. The molecule has 20 heavy (non-hydrogen) atoms. The molecule has 1 aliphatic heterocycles. The van der Waals surface area contributed by atoms with Crippen molar-refractivity contribution >= 4 is 0 Å². The zero-order valence-corrected chi connectivity index (χ0v) is 12.2. The van der Waals surface area contributed by atoms with Crippen LogP contribution in [0, 0.1) is 0 Å². The summed E-state index contributed by atoms with van der Waals surface area (Å²) in [5.74, 6) is 0. The zero-order valence-electron chi connectivity index (χ0n) is 12.2. The lowest BCUT2D eigenvalue weighted by molar-refractivity contribution is -0.301. The van der Waals surface area contributed by atoms with Gasteiger partial charge in [-0.15, -0.1) is 0 Å². The van der Waals surface area contributed by atoms with Crippen LogP contribution in [0.1, 0.15) is 18.3 Å². The largest absolute Gasteiger partial charge is 0.382 e. The molecule has 1 aromatic carbocycles. The molecule has 1 heterocycles. The van der Waals surface area contributed by atoms with Gasteiger partial charge in [-0.05, 0) is 0 Å². The molecule has 112 valence electrons. The molecule has 3 unspecified atom stereocenters. The quantitative estimate of drug-likeness (QED) is 0.748. The van der Waals surface area contributed by atoms with Crippen LogP contribution in [0.25, 0.3) is 0 Å². The van der Waals surface area contributed by atoms with E-state index in [4.69, 9.17) is 23.7 Å². The lowest BCUT2D eigenvalue weighted by atomic mass is 10.1. The van der Waals surface area contributed by atoms with Crippen LogP contribution in [-0.2, 0) is 23.7 Å². The average molecular weight is 282 g/mol. The maximum Gasteiger partial charge on any atom is 0.184 e. The van der Waals surface area contributed by atoms with Crippen molar-refractivity contribution in [3.8, 4) is 0 Å². The first-order chi connectivity index (χ1) is 9.78. The van der Waals surface area contributed by atoms with Crippen molar-refractivity contribution in [2.24, 2.45) is 0 Å². The predicted molar refractivity (Wildman–Crippen MR) is 73.2 cm³/mol. The minimum Gasteiger partial charge on any atom is -0.382 e. The Morgan fingerprint density at radius 3 is 2.40 bits per heavy atom. The van der Waals surface area contributed by atoms with Crippen LogP contribution in [0.15, 0.2) is 30.3 Å². The highest BCUT2D eigenvalue weighted by atomic mass is 16.7. The van der Waals surface area contributed by atoms with E-state index >= 15 is 0 Å². The summed E-state index contributed by atoms with van der Waals surface area (Å²) < 4.78 is 27.7. The number of ether oxygens (including phenoxy) is 5. The van der Waals surface area contributed by atoms with E-state index in [1.807, 2.05) is 30.3 Å². The molecule has 5 heteroatoms. The van der Waals surface area contributed by atoms with Gasteiger partial charge < -0.3 is 23.7 Å². The molecule has 0 aliphatic carbocycles. The second kappa shape index (κ2) is 7.71. The van der Waals surface area contributed by atoms with Crippen molar-refractivity contribution < 1.29 is 23.7 Å². The van der Waals surface area contributed by atoms with Gasteiger partial charge in [-0.3, -0.25) is 0 Å². The summed E-state index contributed by atoms with van der Waals surface area (Å²) >= 11 is 0. The van der Waals surface area contributed by atoms with Gasteiger partial charge in [0.2, 0.25) is 0 Å². The first-order valence-corrected chi connectivity index (χ1v) is 6.69. The molecule has 0 spiro atoms. The van der Waals surface area contributed by atoms with Crippen LogP contribution in [0.5, 0.6) is 0 Å². The minimum atomic E-state index is -0.428. The fraction of sp³-hybridized carbons (Fsp3) is 0.600. The van der Waals surface area contributed by atoms with E-state index in [0.717, 1.165) is 5.56 Å². The average Bonchev–Trinajstić information content (AvgIpc) is 2.50. The zero-order chi connectivity index (χ0) is 14.4. The molecule has 0 aromatic heterocycles. The van der Waals surface area contributed by atoms with Crippen molar-refractivity contribution in [2.75, 3.05) is 27.9 Å². The highest BCUT2D eigenvalue weighted by molar-refractivity contribution is 5.16. The SMILES string of the molecule is COCC1CC(C(OC)OC)OC(c2ccccc2)O1. The third-order valence-corrected chi connectivity index (χ3v) is 3.30. The Balaban J connectivity index is 2.12. The number of hydrogen-bond acceptors (Lipinski definition) is 5. The Kier molecular flexibility index (Phi) is 5.94. The van der Waals surface area contributed by atoms with Crippen molar-refractivity contribution in [3.63, 3.8) is 0 Å². The Morgan fingerprint density at radius 1 is 1.10 bits per heavy atom. The highest BCUT2D eigenvalue weighted by Crippen LogP contribution is 2.31. The van der Waals surface area contributed by atoms with Crippen LogP contribution in [0.4, 0.5) is 0 Å². The van der Waals surface area contributed by atoms with Crippen LogP contribution in [-0.4, -0.2) is 46.4 Å². The first-order valence-electron chi connectivity index (χ1n) is 6.69. The molecule has 1 fully saturated rings. The Hall–Kier alpha value is -0.980. The van der Waals surface area contributed by atoms with E-state index in [-0.39, 0.29) is 12.2 Å². The summed E-state index contributed by atoms with van der Waals surface area (Å²) in [6.07, 6.45) is -0.406. The molecule has 2 rings (SSSR count). The van der Waals surface area contributed by atoms with Crippen molar-refractivity contribution in [1.29, 1.82) is 0 Å². The second-order valence-electron chi connectivity index (χ2n) is 4.71. The molecule has 3 atom stereocenters. The molecule has 1 saturated heterocycles. The Morgan fingerprint density at radius 2 is 1.80 bits per heavy atom. The van der Waals surface area contributed by atoms with Gasteiger partial charge in [0, 0.05) is 33.3 Å². The van der Waals surface area contributed by atoms with E-state index in [1.54, 1.807) is 21.3 Å². The van der Waals surface area contributed by atoms with Crippen LogP contribution in [0.2, 0.25) is 0 Å². The lowest BCUT2D eigenvalue weighted by Gasteiger charge is -2.38. The summed E-state index contributed by atoms with van der Waals surface area (Å²) in [6, 6.07) is 9.84. The van der Waals surface area contributed by atoms with Gasteiger partial charge in [-0.1, -0.05) is 30.3 Å².